The first-order valence-corrected chi connectivity index (χ1v) is 6.23. The minimum atomic E-state index is -0.229. The lowest BCUT2D eigenvalue weighted by Crippen LogP contribution is -2.27. The quantitative estimate of drug-likeness (QED) is 0.800. The number of benzene rings is 1. The molecule has 0 aliphatic rings. The van der Waals surface area contributed by atoms with E-state index in [0.29, 0.717) is 0 Å². The molecule has 0 aliphatic carbocycles. The number of carbonyl (C=O) groups excluding carboxylic acids is 1. The topological polar surface area (TPSA) is 38.1 Å². The highest BCUT2D eigenvalue weighted by Crippen LogP contribution is 2.24. The standard InChI is InChI=1S/C13H16ClN3O/c1-9(14)13-15-10-6-4-5-7-11(10)17(13)8-12(18)16(2)3/h4-7,9H,8H2,1-3H3. The Balaban J connectivity index is 2.52. The van der Waals surface area contributed by atoms with Gasteiger partial charge in [0.15, 0.2) is 0 Å². The second kappa shape index (κ2) is 4.98. The van der Waals surface area contributed by atoms with Crippen molar-refractivity contribution in [3.63, 3.8) is 0 Å². The van der Waals surface area contributed by atoms with Crippen LogP contribution in [-0.2, 0) is 11.3 Å². The number of carbonyl (C=O) groups is 1. The fraction of sp³-hybridized carbons (Fsp3) is 0.385. The summed E-state index contributed by atoms with van der Waals surface area (Å²) < 4.78 is 1.88. The fourth-order valence-corrected chi connectivity index (χ4v) is 2.01. The molecule has 0 saturated carbocycles. The van der Waals surface area contributed by atoms with Crippen molar-refractivity contribution >= 4 is 28.5 Å². The van der Waals surface area contributed by atoms with Crippen LogP contribution in [0.15, 0.2) is 24.3 Å². The van der Waals surface area contributed by atoms with Gasteiger partial charge in [0.05, 0.1) is 16.4 Å². The maximum Gasteiger partial charge on any atom is 0.242 e. The first-order valence-electron chi connectivity index (χ1n) is 5.80. The van der Waals surface area contributed by atoms with Crippen molar-refractivity contribution in [3.8, 4) is 0 Å². The molecule has 0 N–H and O–H groups in total. The van der Waals surface area contributed by atoms with E-state index < -0.39 is 0 Å². The molecule has 2 rings (SSSR count). The molecule has 0 spiro atoms. The van der Waals surface area contributed by atoms with Gasteiger partial charge in [-0.05, 0) is 19.1 Å². The lowest BCUT2D eigenvalue weighted by Gasteiger charge is -2.14. The van der Waals surface area contributed by atoms with Crippen LogP contribution in [0.4, 0.5) is 0 Å². The molecule has 1 aromatic heterocycles. The maximum atomic E-state index is 11.9. The monoisotopic (exact) mass is 265 g/mol. The molecule has 0 aliphatic heterocycles. The van der Waals surface area contributed by atoms with Gasteiger partial charge in [0.2, 0.25) is 5.91 Å². The molecular formula is C13H16ClN3O. The third-order valence-electron chi connectivity index (χ3n) is 2.83. The molecule has 0 saturated heterocycles. The Bertz CT molecular complexity index is 575. The van der Waals surface area contributed by atoms with Crippen molar-refractivity contribution < 1.29 is 4.79 Å². The number of hydrogen-bond donors (Lipinski definition) is 0. The highest BCUT2D eigenvalue weighted by atomic mass is 35.5. The Morgan fingerprint density at radius 2 is 2.11 bits per heavy atom. The summed E-state index contributed by atoms with van der Waals surface area (Å²) in [5.41, 5.74) is 1.81. The predicted octanol–water partition coefficient (Wildman–Crippen LogP) is 2.42. The van der Waals surface area contributed by atoms with Crippen LogP contribution in [0.3, 0.4) is 0 Å². The zero-order chi connectivity index (χ0) is 13.3. The number of halogens is 1. The number of para-hydroxylation sites is 2. The summed E-state index contributed by atoms with van der Waals surface area (Å²) in [5, 5.41) is -0.229. The summed E-state index contributed by atoms with van der Waals surface area (Å²) in [7, 11) is 3.48. The van der Waals surface area contributed by atoms with Gasteiger partial charge in [0, 0.05) is 14.1 Å². The van der Waals surface area contributed by atoms with E-state index in [1.165, 1.54) is 0 Å². The van der Waals surface area contributed by atoms with Crippen LogP contribution in [0.2, 0.25) is 0 Å². The van der Waals surface area contributed by atoms with Gasteiger partial charge in [0.25, 0.3) is 0 Å². The molecule has 1 atom stereocenters. The van der Waals surface area contributed by atoms with E-state index in [1.807, 2.05) is 35.8 Å². The lowest BCUT2D eigenvalue weighted by molar-refractivity contribution is -0.129. The zero-order valence-corrected chi connectivity index (χ0v) is 11.5. The van der Waals surface area contributed by atoms with Gasteiger partial charge in [0.1, 0.15) is 12.4 Å². The Hall–Kier alpha value is -1.55. The van der Waals surface area contributed by atoms with Crippen molar-refractivity contribution in [1.29, 1.82) is 0 Å². The number of fused-ring (bicyclic) bond motifs is 1. The number of hydrogen-bond acceptors (Lipinski definition) is 2. The third kappa shape index (κ3) is 2.34. The van der Waals surface area contributed by atoms with Gasteiger partial charge >= 0.3 is 0 Å². The summed E-state index contributed by atoms with van der Waals surface area (Å²) >= 11 is 6.13. The molecule has 2 aromatic rings. The normalized spacial score (nSPS) is 12.7. The minimum absolute atomic E-state index is 0.0247. The molecule has 96 valence electrons. The highest BCUT2D eigenvalue weighted by molar-refractivity contribution is 6.20. The van der Waals surface area contributed by atoms with Crippen LogP contribution in [0, 0.1) is 0 Å². The molecule has 1 aromatic carbocycles. The molecule has 18 heavy (non-hydrogen) atoms. The van der Waals surface area contributed by atoms with E-state index in [-0.39, 0.29) is 17.8 Å². The lowest BCUT2D eigenvalue weighted by atomic mass is 10.3. The Kier molecular flexibility index (Phi) is 3.57. The van der Waals surface area contributed by atoms with E-state index in [4.69, 9.17) is 11.6 Å². The average molecular weight is 266 g/mol. The van der Waals surface area contributed by atoms with Crippen molar-refractivity contribution in [2.75, 3.05) is 14.1 Å². The van der Waals surface area contributed by atoms with Crippen LogP contribution in [-0.4, -0.2) is 34.5 Å². The van der Waals surface area contributed by atoms with Crippen LogP contribution < -0.4 is 0 Å². The molecule has 0 bridgehead atoms. The second-order valence-corrected chi connectivity index (χ2v) is 5.10. The van der Waals surface area contributed by atoms with Crippen molar-refractivity contribution in [1.82, 2.24) is 14.5 Å². The summed E-state index contributed by atoms with van der Waals surface area (Å²) in [6, 6.07) is 7.74. The highest BCUT2D eigenvalue weighted by Gasteiger charge is 2.17. The van der Waals surface area contributed by atoms with E-state index in [1.54, 1.807) is 19.0 Å². The zero-order valence-electron chi connectivity index (χ0n) is 10.7. The van der Waals surface area contributed by atoms with Crippen molar-refractivity contribution in [3.05, 3.63) is 30.1 Å². The number of imidazole rings is 1. The molecule has 5 heteroatoms. The number of amides is 1. The third-order valence-corrected chi connectivity index (χ3v) is 3.03. The first-order chi connectivity index (χ1) is 8.50. The average Bonchev–Trinajstić information content (AvgIpc) is 2.68. The summed E-state index contributed by atoms with van der Waals surface area (Å²) in [4.78, 5) is 17.9. The Morgan fingerprint density at radius 1 is 1.44 bits per heavy atom. The molecule has 0 fully saturated rings. The second-order valence-electron chi connectivity index (χ2n) is 4.45. The smallest absolute Gasteiger partial charge is 0.242 e. The molecule has 1 heterocycles. The molecule has 0 radical (unpaired) electrons. The fourth-order valence-electron chi connectivity index (χ4n) is 1.84. The maximum absolute atomic E-state index is 11.9. The van der Waals surface area contributed by atoms with Gasteiger partial charge in [-0.25, -0.2) is 4.98 Å². The van der Waals surface area contributed by atoms with Crippen molar-refractivity contribution in [2.24, 2.45) is 0 Å². The van der Waals surface area contributed by atoms with E-state index in [9.17, 15) is 4.79 Å². The number of likely N-dealkylation sites (N-methyl/N-ethyl adjacent to an activating group) is 1. The Morgan fingerprint density at radius 3 is 2.72 bits per heavy atom. The van der Waals surface area contributed by atoms with Crippen LogP contribution in [0.5, 0.6) is 0 Å². The number of rotatable bonds is 3. The van der Waals surface area contributed by atoms with Gasteiger partial charge in [-0.3, -0.25) is 4.79 Å². The van der Waals surface area contributed by atoms with Crippen LogP contribution in [0.1, 0.15) is 18.1 Å². The molecular weight excluding hydrogens is 250 g/mol. The van der Waals surface area contributed by atoms with Gasteiger partial charge in [-0.2, -0.15) is 0 Å². The van der Waals surface area contributed by atoms with Crippen LogP contribution in [0.25, 0.3) is 11.0 Å². The summed E-state index contributed by atoms with van der Waals surface area (Å²) in [6.45, 7) is 2.12. The number of aromatic nitrogens is 2. The first kappa shape index (κ1) is 12.9. The molecule has 4 nitrogen and oxygen atoms in total. The largest absolute Gasteiger partial charge is 0.347 e. The predicted molar refractivity (Wildman–Crippen MR) is 72.7 cm³/mol. The van der Waals surface area contributed by atoms with Crippen molar-refractivity contribution in [2.45, 2.75) is 18.8 Å². The van der Waals surface area contributed by atoms with Gasteiger partial charge < -0.3 is 9.47 Å². The van der Waals surface area contributed by atoms with E-state index in [2.05, 4.69) is 4.98 Å². The molecule has 1 amide bonds. The van der Waals surface area contributed by atoms with Crippen LogP contribution >= 0.6 is 11.6 Å². The SMILES string of the molecule is CC(Cl)c1nc2ccccc2n1CC(=O)N(C)C. The number of nitrogens with zero attached hydrogens (tertiary/aromatic N) is 3. The van der Waals surface area contributed by atoms with E-state index in [0.717, 1.165) is 16.9 Å². The number of alkyl halides is 1. The summed E-state index contributed by atoms with van der Waals surface area (Å²) in [6.07, 6.45) is 0. The van der Waals surface area contributed by atoms with Gasteiger partial charge in [-0.15, -0.1) is 11.6 Å². The van der Waals surface area contributed by atoms with E-state index >= 15 is 0 Å². The molecule has 1 unspecified atom stereocenters. The minimum Gasteiger partial charge on any atom is -0.347 e. The summed E-state index contributed by atoms with van der Waals surface area (Å²) in [5.74, 6) is 0.754. The van der Waals surface area contributed by atoms with Gasteiger partial charge in [-0.1, -0.05) is 12.1 Å². The Labute approximate surface area is 111 Å².